The number of aromatic nitrogens is 2. The Morgan fingerprint density at radius 2 is 1.50 bits per heavy atom. The van der Waals surface area contributed by atoms with Crippen molar-refractivity contribution in [3.63, 3.8) is 0 Å². The summed E-state index contributed by atoms with van der Waals surface area (Å²) in [4.78, 5) is 68.7. The second-order valence-corrected chi connectivity index (χ2v) is 9.16. The molecule has 0 spiro atoms. The van der Waals surface area contributed by atoms with Crippen molar-refractivity contribution >= 4 is 29.7 Å². The Labute approximate surface area is 229 Å². The van der Waals surface area contributed by atoms with Crippen LogP contribution in [0.25, 0.3) is 0 Å². The van der Waals surface area contributed by atoms with Gasteiger partial charge in [0.25, 0.3) is 0 Å². The monoisotopic (exact) mass is 561 g/mol. The van der Waals surface area contributed by atoms with Gasteiger partial charge in [-0.3, -0.25) is 19.2 Å². The van der Waals surface area contributed by atoms with Crippen LogP contribution in [0, 0.1) is 0 Å². The number of aromatic amines is 1. The minimum atomic E-state index is -1.59. The number of unbranched alkanes of at least 4 members (excludes halogenated alkanes) is 1. The highest BCUT2D eigenvalue weighted by molar-refractivity contribution is 5.95. The summed E-state index contributed by atoms with van der Waals surface area (Å²) < 4.78 is 0. The van der Waals surface area contributed by atoms with Gasteiger partial charge in [-0.2, -0.15) is 0 Å². The maximum atomic E-state index is 13.2. The number of hydrogen-bond donors (Lipinski definition) is 9. The number of carbonyl (C=O) groups excluding carboxylic acids is 3. The molecule has 40 heavy (non-hydrogen) atoms. The molecule has 15 heteroatoms. The number of aromatic hydroxyl groups is 1. The molecule has 0 saturated carbocycles. The number of amides is 3. The molecule has 0 aliphatic carbocycles. The second-order valence-electron chi connectivity index (χ2n) is 9.16. The van der Waals surface area contributed by atoms with Crippen molar-refractivity contribution in [3.05, 3.63) is 48.0 Å². The summed E-state index contributed by atoms with van der Waals surface area (Å²) in [5, 5.41) is 35.6. The first-order chi connectivity index (χ1) is 19.0. The van der Waals surface area contributed by atoms with Crippen LogP contribution in [0.4, 0.5) is 0 Å². The van der Waals surface area contributed by atoms with Crippen LogP contribution in [0.3, 0.4) is 0 Å². The summed E-state index contributed by atoms with van der Waals surface area (Å²) in [7, 11) is 0. The molecule has 1 heterocycles. The molecule has 1 aromatic carbocycles. The van der Waals surface area contributed by atoms with Crippen molar-refractivity contribution in [2.75, 3.05) is 6.54 Å². The first-order valence-corrected chi connectivity index (χ1v) is 12.6. The molecule has 0 radical (unpaired) electrons. The number of benzene rings is 1. The summed E-state index contributed by atoms with van der Waals surface area (Å²) in [6.07, 6.45) is 3.05. The van der Waals surface area contributed by atoms with E-state index in [4.69, 9.17) is 11.5 Å². The number of nitrogens with zero attached hydrogens (tertiary/aromatic N) is 1. The number of carbonyl (C=O) groups is 5. The molecule has 3 amide bonds. The molecule has 0 aliphatic heterocycles. The van der Waals surface area contributed by atoms with Crippen LogP contribution in [0.2, 0.25) is 0 Å². The Hall–Kier alpha value is -4.50. The summed E-state index contributed by atoms with van der Waals surface area (Å²) in [5.41, 5.74) is 12.4. The maximum Gasteiger partial charge on any atom is 0.326 e. The number of phenolic OH excluding ortho intramolecular Hbond substituents is 1. The van der Waals surface area contributed by atoms with E-state index in [1.54, 1.807) is 0 Å². The fraction of sp³-hybridized carbons (Fsp3) is 0.440. The van der Waals surface area contributed by atoms with Crippen LogP contribution in [0.1, 0.15) is 36.9 Å². The minimum Gasteiger partial charge on any atom is -0.508 e. The lowest BCUT2D eigenvalue weighted by molar-refractivity contribution is -0.143. The topological polar surface area (TPSA) is 263 Å². The molecule has 4 atom stereocenters. The number of phenols is 1. The Morgan fingerprint density at radius 1 is 0.875 bits per heavy atom. The molecule has 11 N–H and O–H groups in total. The highest BCUT2D eigenvalue weighted by Crippen LogP contribution is 2.12. The summed E-state index contributed by atoms with van der Waals surface area (Å²) in [6.45, 7) is 0.349. The van der Waals surface area contributed by atoms with Crippen LogP contribution in [-0.4, -0.2) is 85.7 Å². The van der Waals surface area contributed by atoms with E-state index >= 15 is 0 Å². The van der Waals surface area contributed by atoms with E-state index in [1.807, 2.05) is 0 Å². The van der Waals surface area contributed by atoms with E-state index in [-0.39, 0.29) is 25.0 Å². The van der Waals surface area contributed by atoms with Crippen molar-refractivity contribution in [2.24, 2.45) is 11.5 Å². The third-order valence-corrected chi connectivity index (χ3v) is 5.91. The molecular formula is C25H35N7O8. The number of nitrogens with one attached hydrogen (secondary N) is 4. The molecule has 2 rings (SSSR count). The molecule has 2 aromatic rings. The van der Waals surface area contributed by atoms with Crippen molar-refractivity contribution in [1.29, 1.82) is 0 Å². The number of nitrogens with two attached hydrogens (primary N) is 2. The number of carboxylic acid groups (broad SMARTS) is 2. The van der Waals surface area contributed by atoms with E-state index in [2.05, 4.69) is 25.9 Å². The van der Waals surface area contributed by atoms with Crippen LogP contribution in [-0.2, 0) is 36.8 Å². The number of aliphatic carboxylic acids is 2. The van der Waals surface area contributed by atoms with Gasteiger partial charge in [0.15, 0.2) is 0 Å². The predicted octanol–water partition coefficient (Wildman–Crippen LogP) is -1.63. The van der Waals surface area contributed by atoms with E-state index in [0.717, 1.165) is 0 Å². The van der Waals surface area contributed by atoms with Gasteiger partial charge in [-0.1, -0.05) is 12.1 Å². The zero-order chi connectivity index (χ0) is 29.7. The average molecular weight is 562 g/mol. The molecular weight excluding hydrogens is 526 g/mol. The van der Waals surface area contributed by atoms with Crippen molar-refractivity contribution < 1.29 is 39.3 Å². The van der Waals surface area contributed by atoms with Gasteiger partial charge >= 0.3 is 11.9 Å². The van der Waals surface area contributed by atoms with Crippen LogP contribution >= 0.6 is 0 Å². The van der Waals surface area contributed by atoms with Crippen molar-refractivity contribution in [2.45, 2.75) is 62.7 Å². The molecule has 0 fully saturated rings. The summed E-state index contributed by atoms with van der Waals surface area (Å²) in [6, 6.07) is 0.415. The lowest BCUT2D eigenvalue weighted by Gasteiger charge is -2.25. The fourth-order valence-corrected chi connectivity index (χ4v) is 3.76. The summed E-state index contributed by atoms with van der Waals surface area (Å²) in [5.74, 6) is -5.33. The van der Waals surface area contributed by atoms with Crippen molar-refractivity contribution in [1.82, 2.24) is 25.9 Å². The molecule has 15 nitrogen and oxygen atoms in total. The second kappa shape index (κ2) is 15.8. The third kappa shape index (κ3) is 10.7. The van der Waals surface area contributed by atoms with Crippen LogP contribution in [0.5, 0.6) is 5.75 Å². The summed E-state index contributed by atoms with van der Waals surface area (Å²) >= 11 is 0. The molecule has 0 saturated heterocycles. The van der Waals surface area contributed by atoms with E-state index in [9.17, 15) is 39.3 Å². The molecule has 0 aliphatic rings. The molecule has 1 aromatic heterocycles. The van der Waals surface area contributed by atoms with Gasteiger partial charge in [-0.15, -0.1) is 0 Å². The van der Waals surface area contributed by atoms with Gasteiger partial charge < -0.3 is 47.7 Å². The molecule has 0 bridgehead atoms. The van der Waals surface area contributed by atoms with Crippen LogP contribution < -0.4 is 27.4 Å². The lowest BCUT2D eigenvalue weighted by atomic mass is 10.0. The minimum absolute atomic E-state index is 0.0321. The third-order valence-electron chi connectivity index (χ3n) is 5.91. The quantitative estimate of drug-likeness (QED) is 0.0990. The zero-order valence-electron chi connectivity index (χ0n) is 21.7. The highest BCUT2D eigenvalue weighted by atomic mass is 16.4. The molecule has 218 valence electrons. The van der Waals surface area contributed by atoms with Crippen molar-refractivity contribution in [3.8, 4) is 5.75 Å². The van der Waals surface area contributed by atoms with E-state index < -0.39 is 60.2 Å². The number of H-pyrrole nitrogens is 1. The zero-order valence-corrected chi connectivity index (χ0v) is 21.7. The largest absolute Gasteiger partial charge is 0.508 e. The smallest absolute Gasteiger partial charge is 0.326 e. The average Bonchev–Trinajstić information content (AvgIpc) is 3.41. The van der Waals surface area contributed by atoms with Gasteiger partial charge in [0.05, 0.1) is 18.8 Å². The van der Waals surface area contributed by atoms with Gasteiger partial charge in [0, 0.05) is 24.7 Å². The Morgan fingerprint density at radius 3 is 2.08 bits per heavy atom. The SMILES string of the molecule is NCCCCC(NC(=O)C(Cc1ccc(O)cc1)NC(=O)C(CC(=O)O)NC(=O)C(N)Cc1cnc[nH]1)C(=O)O. The fourth-order valence-electron chi connectivity index (χ4n) is 3.76. The lowest BCUT2D eigenvalue weighted by Crippen LogP contribution is -2.58. The Bertz CT molecular complexity index is 1140. The Kier molecular flexibility index (Phi) is 12.5. The number of hydrogen-bond acceptors (Lipinski definition) is 9. The van der Waals surface area contributed by atoms with E-state index in [0.29, 0.717) is 30.6 Å². The number of rotatable bonds is 17. The van der Waals surface area contributed by atoms with E-state index in [1.165, 1.54) is 36.8 Å². The standard InChI is InChI=1S/C25H35N7O8/c26-8-2-1-3-18(25(39)40)30-23(37)19(9-14-4-6-16(33)7-5-14)32-24(38)20(11-21(34)35)31-22(36)17(27)10-15-12-28-13-29-15/h4-7,12-13,17-20,33H,1-3,8-11,26-27H2,(H,28,29)(H,30,37)(H,31,36)(H,32,38)(H,34,35)(H,39,40). The number of carboxylic acids is 2. The normalized spacial score (nSPS) is 13.8. The maximum absolute atomic E-state index is 13.2. The van der Waals surface area contributed by atoms with Gasteiger partial charge in [-0.25, -0.2) is 9.78 Å². The Balaban J connectivity index is 2.21. The first-order valence-electron chi connectivity index (χ1n) is 12.6. The number of imidazole rings is 1. The van der Waals surface area contributed by atoms with Gasteiger partial charge in [0.1, 0.15) is 23.9 Å². The predicted molar refractivity (Wildman–Crippen MR) is 141 cm³/mol. The first kappa shape index (κ1) is 31.7. The highest BCUT2D eigenvalue weighted by Gasteiger charge is 2.31. The van der Waals surface area contributed by atoms with Crippen LogP contribution in [0.15, 0.2) is 36.8 Å². The molecule has 4 unspecified atom stereocenters. The van der Waals surface area contributed by atoms with Gasteiger partial charge in [0.2, 0.25) is 17.7 Å². The van der Waals surface area contributed by atoms with Gasteiger partial charge in [-0.05, 0) is 43.5 Å².